The fraction of sp³-hybridized carbons (Fsp3) is 0.464. The number of pyridine rings is 2. The summed E-state index contributed by atoms with van der Waals surface area (Å²) < 4.78 is 31.0. The van der Waals surface area contributed by atoms with E-state index < -0.39 is 11.4 Å². The van der Waals surface area contributed by atoms with Gasteiger partial charge >= 0.3 is 5.69 Å². The van der Waals surface area contributed by atoms with Gasteiger partial charge in [-0.3, -0.25) is 14.1 Å². The van der Waals surface area contributed by atoms with Gasteiger partial charge in [0.1, 0.15) is 18.2 Å². The van der Waals surface area contributed by atoms with Crippen LogP contribution >= 0.6 is 0 Å². The number of aryl methyl sites for hydroxylation is 1. The van der Waals surface area contributed by atoms with E-state index in [1.165, 1.54) is 38.4 Å². The summed E-state index contributed by atoms with van der Waals surface area (Å²) in [6.07, 6.45) is 8.07. The van der Waals surface area contributed by atoms with Crippen LogP contribution in [0.25, 0.3) is 33.1 Å². The Bertz CT molecular complexity index is 1530. The molecule has 8 nitrogen and oxygen atoms in total. The lowest BCUT2D eigenvalue weighted by molar-refractivity contribution is 0.189. The number of benzene rings is 1. The second kappa shape index (κ2) is 9.13. The highest BCUT2D eigenvalue weighted by Crippen LogP contribution is 2.44. The smallest absolute Gasteiger partial charge is 0.329 e. The van der Waals surface area contributed by atoms with Gasteiger partial charge in [0.2, 0.25) is 5.88 Å². The van der Waals surface area contributed by atoms with E-state index in [1.54, 1.807) is 40.7 Å². The van der Waals surface area contributed by atoms with Crippen molar-refractivity contribution in [3.05, 3.63) is 46.9 Å². The first kappa shape index (κ1) is 23.9. The fourth-order valence-corrected chi connectivity index (χ4v) is 5.63. The first-order valence-electron chi connectivity index (χ1n) is 13.0. The van der Waals surface area contributed by atoms with Crippen molar-refractivity contribution in [3.63, 3.8) is 0 Å². The van der Waals surface area contributed by atoms with Crippen LogP contribution in [0.1, 0.15) is 39.5 Å². The summed E-state index contributed by atoms with van der Waals surface area (Å²) in [4.78, 5) is 24.6. The van der Waals surface area contributed by atoms with Gasteiger partial charge in [-0.1, -0.05) is 6.42 Å². The van der Waals surface area contributed by atoms with Gasteiger partial charge in [-0.05, 0) is 52.3 Å². The second-order valence-corrected chi connectivity index (χ2v) is 10.7. The molecule has 194 valence electrons. The number of piperidine rings is 1. The van der Waals surface area contributed by atoms with E-state index in [2.05, 4.69) is 14.9 Å². The SMILES string of the molecule is Cn1c(=O)n2c3c4c(c(-c5ccc(OCCCN6CCCCC6)nc5)c(F)cc4ncc31)OCC2(C)C. The van der Waals surface area contributed by atoms with Crippen LogP contribution in [-0.4, -0.2) is 56.9 Å². The first-order chi connectivity index (χ1) is 17.8. The van der Waals surface area contributed by atoms with Crippen LogP contribution in [0.3, 0.4) is 0 Å². The highest BCUT2D eigenvalue weighted by Gasteiger charge is 2.34. The molecule has 0 N–H and O–H groups in total. The Morgan fingerprint density at radius 2 is 1.95 bits per heavy atom. The number of imidazole rings is 1. The van der Waals surface area contributed by atoms with Gasteiger partial charge < -0.3 is 14.4 Å². The normalized spacial score (nSPS) is 17.3. The molecule has 0 amide bonds. The van der Waals surface area contributed by atoms with Gasteiger partial charge in [0.25, 0.3) is 0 Å². The summed E-state index contributed by atoms with van der Waals surface area (Å²) in [5, 5.41) is 0.634. The highest BCUT2D eigenvalue weighted by atomic mass is 19.1. The van der Waals surface area contributed by atoms with Gasteiger partial charge in [-0.15, -0.1) is 0 Å². The Morgan fingerprint density at radius 3 is 2.70 bits per heavy atom. The third kappa shape index (κ3) is 4.05. The summed E-state index contributed by atoms with van der Waals surface area (Å²) in [7, 11) is 1.73. The first-order valence-corrected chi connectivity index (χ1v) is 13.0. The predicted molar refractivity (Wildman–Crippen MR) is 141 cm³/mol. The number of hydrogen-bond donors (Lipinski definition) is 0. The average Bonchev–Trinajstić information content (AvgIpc) is 3.08. The summed E-state index contributed by atoms with van der Waals surface area (Å²) in [5.74, 6) is 0.448. The second-order valence-electron chi connectivity index (χ2n) is 10.7. The molecular weight excluding hydrogens is 473 g/mol. The van der Waals surface area contributed by atoms with Crippen molar-refractivity contribution in [1.29, 1.82) is 0 Å². The number of ether oxygens (including phenoxy) is 2. The lowest BCUT2D eigenvalue weighted by Crippen LogP contribution is -2.40. The molecule has 0 atom stereocenters. The molecular formula is C28H32FN5O3. The van der Waals surface area contributed by atoms with Gasteiger partial charge in [-0.2, -0.15) is 0 Å². The molecule has 2 aliphatic heterocycles. The number of nitrogens with zero attached hydrogens (tertiary/aromatic N) is 5. The maximum Gasteiger partial charge on any atom is 0.329 e. The summed E-state index contributed by atoms with van der Waals surface area (Å²) >= 11 is 0. The molecule has 37 heavy (non-hydrogen) atoms. The van der Waals surface area contributed by atoms with E-state index in [-0.39, 0.29) is 12.3 Å². The predicted octanol–water partition coefficient (Wildman–Crippen LogP) is 4.47. The molecule has 3 aromatic heterocycles. The van der Waals surface area contributed by atoms with Crippen LogP contribution < -0.4 is 15.2 Å². The molecule has 0 aliphatic carbocycles. The van der Waals surface area contributed by atoms with Gasteiger partial charge in [-0.25, -0.2) is 14.2 Å². The Kier molecular flexibility index (Phi) is 5.90. The zero-order chi connectivity index (χ0) is 25.7. The molecule has 1 fully saturated rings. The van der Waals surface area contributed by atoms with Crippen molar-refractivity contribution in [2.45, 2.75) is 45.1 Å². The molecule has 9 heteroatoms. The number of rotatable bonds is 6. The van der Waals surface area contributed by atoms with Gasteiger partial charge in [0.05, 0.1) is 45.8 Å². The van der Waals surface area contributed by atoms with E-state index in [0.717, 1.165) is 13.0 Å². The van der Waals surface area contributed by atoms with Crippen LogP contribution in [0, 0.1) is 5.82 Å². The van der Waals surface area contributed by atoms with E-state index >= 15 is 4.39 Å². The quantitative estimate of drug-likeness (QED) is 0.360. The van der Waals surface area contributed by atoms with Crippen molar-refractivity contribution >= 4 is 21.9 Å². The Balaban J connectivity index is 1.34. The van der Waals surface area contributed by atoms with Gasteiger partial charge in [0.15, 0.2) is 0 Å². The molecule has 0 spiro atoms. The Hall–Kier alpha value is -3.46. The summed E-state index contributed by atoms with van der Waals surface area (Å²) in [6.45, 7) is 8.07. The van der Waals surface area contributed by atoms with E-state index in [0.29, 0.717) is 51.3 Å². The fourth-order valence-electron chi connectivity index (χ4n) is 5.63. The monoisotopic (exact) mass is 505 g/mol. The average molecular weight is 506 g/mol. The minimum Gasteiger partial charge on any atom is -0.490 e. The van der Waals surface area contributed by atoms with E-state index in [9.17, 15) is 4.79 Å². The van der Waals surface area contributed by atoms with Crippen LogP contribution in [-0.2, 0) is 12.6 Å². The number of likely N-dealkylation sites (tertiary alicyclic amines) is 1. The Labute approximate surface area is 214 Å². The molecule has 1 saturated heterocycles. The summed E-state index contributed by atoms with van der Waals surface area (Å²) in [6, 6.07) is 4.98. The molecule has 2 aliphatic rings. The van der Waals surface area contributed by atoms with Crippen LogP contribution in [0.5, 0.6) is 11.6 Å². The number of aromatic nitrogens is 4. The maximum atomic E-state index is 15.6. The lowest BCUT2D eigenvalue weighted by atomic mass is 10.0. The van der Waals surface area contributed by atoms with Gasteiger partial charge in [0, 0.05) is 37.5 Å². The molecule has 0 radical (unpaired) electrons. The maximum absolute atomic E-state index is 15.6. The molecule has 5 heterocycles. The van der Waals surface area contributed by atoms with Crippen molar-refractivity contribution in [2.24, 2.45) is 7.05 Å². The molecule has 0 unspecified atom stereocenters. The lowest BCUT2D eigenvalue weighted by Gasteiger charge is -2.26. The zero-order valence-corrected chi connectivity index (χ0v) is 21.6. The minimum atomic E-state index is -0.637. The molecule has 4 aromatic rings. The van der Waals surface area contributed by atoms with Crippen LogP contribution in [0.15, 0.2) is 35.4 Å². The Morgan fingerprint density at radius 1 is 1.14 bits per heavy atom. The summed E-state index contributed by atoms with van der Waals surface area (Å²) in [5.41, 5.74) is 1.94. The standard InChI is InChI=1S/C28H32FN5O3/c1-28(2)17-37-26-23(18-8-9-22(31-15-18)36-13-7-12-33-10-5-4-6-11-33)19(29)14-20-24(26)25-21(16-30-20)32(3)27(35)34(25)28/h8-9,14-16H,4-7,10-13,17H2,1-3H3. The van der Waals surface area contributed by atoms with Crippen molar-refractivity contribution in [3.8, 4) is 22.8 Å². The molecule has 0 saturated carbocycles. The molecule has 0 bridgehead atoms. The molecule has 1 aromatic carbocycles. The zero-order valence-electron chi connectivity index (χ0n) is 21.6. The van der Waals surface area contributed by atoms with E-state index in [1.807, 2.05) is 13.8 Å². The largest absolute Gasteiger partial charge is 0.490 e. The van der Waals surface area contributed by atoms with Crippen molar-refractivity contribution < 1.29 is 13.9 Å². The topological polar surface area (TPSA) is 74.4 Å². The highest BCUT2D eigenvalue weighted by molar-refractivity contribution is 6.09. The van der Waals surface area contributed by atoms with Crippen molar-refractivity contribution in [1.82, 2.24) is 24.0 Å². The molecule has 6 rings (SSSR count). The number of halogens is 1. The minimum absolute atomic E-state index is 0.153. The van der Waals surface area contributed by atoms with Crippen LogP contribution in [0.4, 0.5) is 4.39 Å². The van der Waals surface area contributed by atoms with Crippen LogP contribution in [0.2, 0.25) is 0 Å². The third-order valence-corrected chi connectivity index (χ3v) is 7.60. The van der Waals surface area contributed by atoms with Crippen molar-refractivity contribution in [2.75, 3.05) is 32.8 Å². The number of hydrogen-bond acceptors (Lipinski definition) is 6. The third-order valence-electron chi connectivity index (χ3n) is 7.60. The van der Waals surface area contributed by atoms with E-state index in [4.69, 9.17) is 9.47 Å².